The first-order valence-corrected chi connectivity index (χ1v) is 10.8. The second-order valence-electron chi connectivity index (χ2n) is 7.10. The van der Waals surface area contributed by atoms with Gasteiger partial charge in [0.2, 0.25) is 0 Å². The molecule has 0 saturated carbocycles. The number of rotatable bonds is 4. The smallest absolute Gasteiger partial charge is 0.414 e. The Morgan fingerprint density at radius 1 is 1.21 bits per heavy atom. The largest absolute Gasteiger partial charge is 0.442 e. The number of nitrogens with zero attached hydrogens (tertiary/aromatic N) is 5. The molecule has 29 heavy (non-hydrogen) atoms. The monoisotopic (exact) mass is 427 g/mol. The fraction of sp³-hybridized carbons (Fsp3) is 0.471. The number of cyclic esters (lactones) is 1. The number of amides is 1. The summed E-state index contributed by atoms with van der Waals surface area (Å²) in [5, 5.41) is 7.75. The molecule has 0 aliphatic carbocycles. The molecule has 2 aliphatic heterocycles. The van der Waals surface area contributed by atoms with Gasteiger partial charge < -0.3 is 9.64 Å². The minimum absolute atomic E-state index is 0.0146. The molecule has 0 radical (unpaired) electrons. The van der Waals surface area contributed by atoms with E-state index in [0.29, 0.717) is 0 Å². The molecular formula is C17H19F2N5O4S. The fourth-order valence-electron chi connectivity index (χ4n) is 3.47. The molecule has 1 unspecified atom stereocenters. The lowest BCUT2D eigenvalue weighted by Crippen LogP contribution is -2.41. The zero-order valence-electron chi connectivity index (χ0n) is 15.6. The van der Waals surface area contributed by atoms with E-state index in [1.165, 1.54) is 9.58 Å². The molecule has 0 spiro atoms. The lowest BCUT2D eigenvalue weighted by atomic mass is 10.2. The fourth-order valence-corrected chi connectivity index (χ4v) is 4.67. The molecule has 2 aromatic rings. The Morgan fingerprint density at radius 2 is 1.86 bits per heavy atom. The number of hydrogen-bond donors (Lipinski definition) is 0. The molecule has 12 heteroatoms. The zero-order valence-corrected chi connectivity index (χ0v) is 16.4. The number of aromatic nitrogens is 3. The summed E-state index contributed by atoms with van der Waals surface area (Å²) in [6.45, 7) is 2.19. The zero-order chi connectivity index (χ0) is 20.8. The van der Waals surface area contributed by atoms with Crippen LogP contribution in [0.3, 0.4) is 0 Å². The molecule has 2 aliphatic rings. The third-order valence-electron chi connectivity index (χ3n) is 4.89. The van der Waals surface area contributed by atoms with Crippen molar-refractivity contribution in [1.29, 1.82) is 0 Å². The van der Waals surface area contributed by atoms with Crippen molar-refractivity contribution in [2.45, 2.75) is 19.6 Å². The molecule has 1 atom stereocenters. The summed E-state index contributed by atoms with van der Waals surface area (Å²) in [6, 6.07) is 2.12. The van der Waals surface area contributed by atoms with Gasteiger partial charge >= 0.3 is 6.09 Å². The van der Waals surface area contributed by atoms with Crippen LogP contribution in [0.15, 0.2) is 18.3 Å². The number of aryl methyl sites for hydroxylation is 1. The van der Waals surface area contributed by atoms with Crippen molar-refractivity contribution >= 4 is 27.3 Å². The summed E-state index contributed by atoms with van der Waals surface area (Å²) in [6.07, 6.45) is 0.452. The standard InChI is InChI=1S/C17H19F2N5O4S/c1-11-8-23(21-20-11)9-13-10-24(17(25)28-13)12-6-14(18)16(15(19)7-12)22-2-4-29(26,27)5-3-22/h6-8,13H,2-5,9-10H2,1H3. The predicted octanol–water partition coefficient (Wildman–Crippen LogP) is 1.12. The lowest BCUT2D eigenvalue weighted by molar-refractivity contribution is 0.129. The van der Waals surface area contributed by atoms with Gasteiger partial charge in [-0.05, 0) is 6.92 Å². The quantitative estimate of drug-likeness (QED) is 0.721. The van der Waals surface area contributed by atoms with Crippen molar-refractivity contribution < 1.29 is 26.7 Å². The highest BCUT2D eigenvalue weighted by molar-refractivity contribution is 7.91. The minimum atomic E-state index is -3.18. The second kappa shape index (κ2) is 7.25. The molecular weight excluding hydrogens is 408 g/mol. The number of anilines is 2. The Bertz CT molecular complexity index is 1020. The summed E-state index contributed by atoms with van der Waals surface area (Å²) >= 11 is 0. The van der Waals surface area contributed by atoms with Crippen LogP contribution in [-0.4, -0.2) is 66.7 Å². The first kappa shape index (κ1) is 19.6. The lowest BCUT2D eigenvalue weighted by Gasteiger charge is -2.29. The Morgan fingerprint density at radius 3 is 2.45 bits per heavy atom. The van der Waals surface area contributed by atoms with Crippen molar-refractivity contribution in [3.05, 3.63) is 35.7 Å². The molecule has 156 valence electrons. The van der Waals surface area contributed by atoms with Crippen LogP contribution in [0.25, 0.3) is 0 Å². The van der Waals surface area contributed by atoms with E-state index < -0.39 is 33.7 Å². The van der Waals surface area contributed by atoms with E-state index in [0.717, 1.165) is 22.7 Å². The maximum absolute atomic E-state index is 14.7. The molecule has 0 N–H and O–H groups in total. The number of benzene rings is 1. The van der Waals surface area contributed by atoms with Crippen LogP contribution >= 0.6 is 0 Å². The van der Waals surface area contributed by atoms with Gasteiger partial charge in [0.1, 0.15) is 11.8 Å². The summed E-state index contributed by atoms with van der Waals surface area (Å²) < 4.78 is 59.3. The van der Waals surface area contributed by atoms with Crippen LogP contribution in [0.2, 0.25) is 0 Å². The second-order valence-corrected chi connectivity index (χ2v) is 9.40. The molecule has 1 aromatic carbocycles. The summed E-state index contributed by atoms with van der Waals surface area (Å²) in [5.74, 6) is -2.03. The van der Waals surface area contributed by atoms with Gasteiger partial charge in [-0.2, -0.15) is 0 Å². The average Bonchev–Trinajstić information content (AvgIpc) is 3.21. The predicted molar refractivity (Wildman–Crippen MR) is 99.6 cm³/mol. The van der Waals surface area contributed by atoms with E-state index in [9.17, 15) is 22.0 Å². The molecule has 0 bridgehead atoms. The Kier molecular flexibility index (Phi) is 4.89. The molecule has 9 nitrogen and oxygen atoms in total. The molecule has 4 rings (SSSR count). The number of halogens is 2. The number of carbonyl (C=O) groups excluding carboxylic acids is 1. The SMILES string of the molecule is Cc1cn(CC2CN(c3cc(F)c(N4CCS(=O)(=O)CC4)c(F)c3)C(=O)O2)nn1. The summed E-state index contributed by atoms with van der Waals surface area (Å²) in [5.41, 5.74) is 0.470. The maximum atomic E-state index is 14.7. The molecule has 2 saturated heterocycles. The van der Waals surface area contributed by atoms with Gasteiger partial charge in [0.25, 0.3) is 0 Å². The van der Waals surface area contributed by atoms with Crippen molar-refractivity contribution in [3.63, 3.8) is 0 Å². The molecule has 2 fully saturated rings. The van der Waals surface area contributed by atoms with E-state index in [1.54, 1.807) is 13.1 Å². The normalized spacial score (nSPS) is 21.5. The van der Waals surface area contributed by atoms with Crippen LogP contribution in [0, 0.1) is 18.6 Å². The van der Waals surface area contributed by atoms with Crippen molar-refractivity contribution in [1.82, 2.24) is 15.0 Å². The summed E-state index contributed by atoms with van der Waals surface area (Å²) in [7, 11) is -3.18. The average molecular weight is 427 g/mol. The highest BCUT2D eigenvalue weighted by Gasteiger charge is 2.34. The Labute approximate surface area is 165 Å². The van der Waals surface area contributed by atoms with Crippen molar-refractivity contribution in [2.24, 2.45) is 0 Å². The van der Waals surface area contributed by atoms with Crippen LogP contribution in [-0.2, 0) is 21.1 Å². The number of carbonyl (C=O) groups is 1. The third-order valence-corrected chi connectivity index (χ3v) is 6.50. The number of ether oxygens (including phenoxy) is 1. The molecule has 1 aromatic heterocycles. The van der Waals surface area contributed by atoms with Gasteiger partial charge in [-0.25, -0.2) is 26.7 Å². The van der Waals surface area contributed by atoms with Gasteiger partial charge in [0.05, 0.1) is 36.0 Å². The van der Waals surface area contributed by atoms with Gasteiger partial charge in [0.15, 0.2) is 21.5 Å². The Hall–Kier alpha value is -2.76. The van der Waals surface area contributed by atoms with Crippen LogP contribution in [0.1, 0.15) is 5.69 Å². The van der Waals surface area contributed by atoms with E-state index >= 15 is 0 Å². The van der Waals surface area contributed by atoms with Crippen LogP contribution < -0.4 is 9.80 Å². The first-order valence-electron chi connectivity index (χ1n) is 9.01. The maximum Gasteiger partial charge on any atom is 0.414 e. The van der Waals surface area contributed by atoms with E-state index in [-0.39, 0.29) is 49.1 Å². The Balaban J connectivity index is 1.51. The first-order chi connectivity index (χ1) is 13.7. The van der Waals surface area contributed by atoms with Crippen LogP contribution in [0.5, 0.6) is 0 Å². The third kappa shape index (κ3) is 4.02. The summed E-state index contributed by atoms with van der Waals surface area (Å²) in [4.78, 5) is 14.7. The van der Waals surface area contributed by atoms with Crippen LogP contribution in [0.4, 0.5) is 25.0 Å². The van der Waals surface area contributed by atoms with E-state index in [2.05, 4.69) is 10.3 Å². The van der Waals surface area contributed by atoms with Crippen molar-refractivity contribution in [3.8, 4) is 0 Å². The molecule has 1 amide bonds. The van der Waals surface area contributed by atoms with E-state index in [1.807, 2.05) is 0 Å². The van der Waals surface area contributed by atoms with Gasteiger partial charge in [0, 0.05) is 31.4 Å². The highest BCUT2D eigenvalue weighted by atomic mass is 32.2. The minimum Gasteiger partial charge on any atom is -0.442 e. The number of hydrogen-bond acceptors (Lipinski definition) is 7. The van der Waals surface area contributed by atoms with Crippen molar-refractivity contribution in [2.75, 3.05) is 40.9 Å². The van der Waals surface area contributed by atoms with E-state index in [4.69, 9.17) is 4.74 Å². The van der Waals surface area contributed by atoms with Gasteiger partial charge in [-0.3, -0.25) is 4.90 Å². The molecule has 3 heterocycles. The van der Waals surface area contributed by atoms with Gasteiger partial charge in [-0.15, -0.1) is 5.10 Å². The number of sulfone groups is 1. The highest BCUT2D eigenvalue weighted by Crippen LogP contribution is 2.31. The topological polar surface area (TPSA) is 97.6 Å². The van der Waals surface area contributed by atoms with Gasteiger partial charge in [-0.1, -0.05) is 5.21 Å².